The molecule has 10 heteroatoms. The van der Waals surface area contributed by atoms with Gasteiger partial charge in [0.1, 0.15) is 5.82 Å². The van der Waals surface area contributed by atoms with Gasteiger partial charge in [0.05, 0.1) is 12.3 Å². The monoisotopic (exact) mass is 415 g/mol. The van der Waals surface area contributed by atoms with E-state index >= 15 is 0 Å². The van der Waals surface area contributed by atoms with Crippen molar-refractivity contribution in [2.75, 3.05) is 25.4 Å². The Kier molecular flexibility index (Phi) is 5.79. The van der Waals surface area contributed by atoms with Crippen molar-refractivity contribution >= 4 is 29.7 Å². The van der Waals surface area contributed by atoms with Crippen LogP contribution in [0.4, 0.5) is 4.79 Å². The van der Waals surface area contributed by atoms with E-state index in [4.69, 9.17) is 4.74 Å². The number of hydrogen-bond acceptors (Lipinski definition) is 7. The summed E-state index contributed by atoms with van der Waals surface area (Å²) in [6, 6.07) is 9.56. The minimum Gasteiger partial charge on any atom is -0.455 e. The molecule has 1 aliphatic heterocycles. The van der Waals surface area contributed by atoms with E-state index in [1.165, 1.54) is 11.8 Å². The molecule has 1 saturated heterocycles. The number of nitrogens with one attached hydrogen (secondary N) is 1. The second-order valence-corrected chi connectivity index (χ2v) is 7.86. The number of esters is 1. The molecule has 0 unspecified atom stereocenters. The van der Waals surface area contributed by atoms with E-state index in [0.717, 1.165) is 29.1 Å². The molecule has 1 aromatic heterocycles. The van der Waals surface area contributed by atoms with Gasteiger partial charge in [0.15, 0.2) is 11.8 Å². The Hall–Kier alpha value is -2.88. The van der Waals surface area contributed by atoms with Crippen LogP contribution in [0.2, 0.25) is 0 Å². The number of benzene rings is 1. The topological polar surface area (TPSA) is 106 Å². The van der Waals surface area contributed by atoms with Crippen LogP contribution in [-0.2, 0) is 20.9 Å². The number of urea groups is 1. The number of hydrogen-bond donors (Lipinski definition) is 1. The standard InChI is InChI=1S/C19H21N5O4S/c25-15(23-9-8-20-18(23)27)11-28-16(26)12-29-19-22-21-17(14-6-7-14)24(19)10-13-4-2-1-3-5-13/h1-5,14H,6-12H2,(H,20,27). The van der Waals surface area contributed by atoms with Crippen LogP contribution in [0.5, 0.6) is 0 Å². The van der Waals surface area contributed by atoms with Gasteiger partial charge < -0.3 is 14.6 Å². The highest BCUT2D eigenvalue weighted by atomic mass is 32.2. The lowest BCUT2D eigenvalue weighted by Gasteiger charge is -2.12. The molecule has 2 aliphatic rings. The van der Waals surface area contributed by atoms with Gasteiger partial charge in [-0.2, -0.15) is 0 Å². The largest absolute Gasteiger partial charge is 0.455 e. The van der Waals surface area contributed by atoms with Gasteiger partial charge in [-0.05, 0) is 18.4 Å². The van der Waals surface area contributed by atoms with E-state index in [1.54, 1.807) is 0 Å². The van der Waals surface area contributed by atoms with Crippen LogP contribution < -0.4 is 5.32 Å². The van der Waals surface area contributed by atoms with E-state index in [2.05, 4.69) is 15.5 Å². The van der Waals surface area contributed by atoms with Gasteiger partial charge in [0.25, 0.3) is 5.91 Å². The van der Waals surface area contributed by atoms with Crippen molar-refractivity contribution in [3.63, 3.8) is 0 Å². The quantitative estimate of drug-likeness (QED) is 0.513. The Labute approximate surface area is 171 Å². The Bertz CT molecular complexity index is 913. The molecule has 29 heavy (non-hydrogen) atoms. The summed E-state index contributed by atoms with van der Waals surface area (Å²) in [4.78, 5) is 36.5. The van der Waals surface area contributed by atoms with Crippen molar-refractivity contribution < 1.29 is 19.1 Å². The second kappa shape index (κ2) is 8.64. The fourth-order valence-corrected chi connectivity index (χ4v) is 3.80. The number of imide groups is 1. The maximum Gasteiger partial charge on any atom is 0.324 e. The Morgan fingerprint density at radius 3 is 2.69 bits per heavy atom. The smallest absolute Gasteiger partial charge is 0.324 e. The fourth-order valence-electron chi connectivity index (χ4n) is 3.06. The molecule has 3 amide bonds. The van der Waals surface area contributed by atoms with Gasteiger partial charge in [-0.15, -0.1) is 10.2 Å². The number of carbonyl (C=O) groups excluding carboxylic acids is 3. The molecule has 1 saturated carbocycles. The van der Waals surface area contributed by atoms with Gasteiger partial charge in [0, 0.05) is 19.0 Å². The first-order chi connectivity index (χ1) is 14.1. The normalized spacial score (nSPS) is 16.0. The average Bonchev–Trinajstić information content (AvgIpc) is 3.36. The van der Waals surface area contributed by atoms with Gasteiger partial charge in [-0.1, -0.05) is 42.1 Å². The van der Waals surface area contributed by atoms with Crippen LogP contribution >= 0.6 is 11.8 Å². The molecule has 2 heterocycles. The predicted molar refractivity (Wildman–Crippen MR) is 104 cm³/mol. The molecule has 9 nitrogen and oxygen atoms in total. The van der Waals surface area contributed by atoms with Crippen molar-refractivity contribution in [2.45, 2.75) is 30.5 Å². The highest BCUT2D eigenvalue weighted by molar-refractivity contribution is 7.99. The molecule has 0 bridgehead atoms. The maximum absolute atomic E-state index is 12.1. The first-order valence-electron chi connectivity index (χ1n) is 9.45. The summed E-state index contributed by atoms with van der Waals surface area (Å²) < 4.78 is 7.07. The van der Waals surface area contributed by atoms with Gasteiger partial charge >= 0.3 is 12.0 Å². The number of carbonyl (C=O) groups is 3. The molecule has 0 spiro atoms. The highest BCUT2D eigenvalue weighted by Crippen LogP contribution is 2.40. The van der Waals surface area contributed by atoms with E-state index < -0.39 is 24.5 Å². The molecule has 2 aromatic rings. The van der Waals surface area contributed by atoms with Gasteiger partial charge in [0.2, 0.25) is 0 Å². The number of ether oxygens (including phenoxy) is 1. The minimum absolute atomic E-state index is 0.0110. The summed E-state index contributed by atoms with van der Waals surface area (Å²) in [6.07, 6.45) is 2.21. The number of amides is 3. The first-order valence-corrected chi connectivity index (χ1v) is 10.4. The Balaban J connectivity index is 1.33. The average molecular weight is 415 g/mol. The second-order valence-electron chi connectivity index (χ2n) is 6.91. The summed E-state index contributed by atoms with van der Waals surface area (Å²) in [5, 5.41) is 11.8. The van der Waals surface area contributed by atoms with Crippen molar-refractivity contribution in [2.24, 2.45) is 0 Å². The molecule has 0 atom stereocenters. The molecule has 4 rings (SSSR count). The zero-order valence-electron chi connectivity index (χ0n) is 15.7. The van der Waals surface area contributed by atoms with E-state index in [0.29, 0.717) is 24.2 Å². The van der Waals surface area contributed by atoms with Crippen molar-refractivity contribution in [1.29, 1.82) is 0 Å². The molecule has 1 N–H and O–H groups in total. The lowest BCUT2D eigenvalue weighted by Crippen LogP contribution is -2.37. The molecular weight excluding hydrogens is 394 g/mol. The van der Waals surface area contributed by atoms with Crippen LogP contribution in [0.15, 0.2) is 35.5 Å². The van der Waals surface area contributed by atoms with Crippen LogP contribution in [0.25, 0.3) is 0 Å². The lowest BCUT2D eigenvalue weighted by molar-refractivity contribution is -0.148. The van der Waals surface area contributed by atoms with Crippen LogP contribution in [0, 0.1) is 0 Å². The van der Waals surface area contributed by atoms with Crippen molar-refractivity contribution in [3.8, 4) is 0 Å². The van der Waals surface area contributed by atoms with Crippen LogP contribution in [0.3, 0.4) is 0 Å². The third-order valence-corrected chi connectivity index (χ3v) is 5.65. The zero-order valence-corrected chi connectivity index (χ0v) is 16.6. The summed E-state index contributed by atoms with van der Waals surface area (Å²) in [6.45, 7) is 0.891. The molecule has 1 aliphatic carbocycles. The summed E-state index contributed by atoms with van der Waals surface area (Å²) in [7, 11) is 0. The third kappa shape index (κ3) is 4.76. The minimum atomic E-state index is -0.537. The predicted octanol–water partition coefficient (Wildman–Crippen LogP) is 1.39. The molecule has 2 fully saturated rings. The molecule has 152 valence electrons. The molecule has 0 radical (unpaired) electrons. The fraction of sp³-hybridized carbons (Fsp3) is 0.421. The molecular formula is C19H21N5O4S. The Morgan fingerprint density at radius 1 is 1.21 bits per heavy atom. The van der Waals surface area contributed by atoms with Crippen LogP contribution in [-0.4, -0.2) is 63.0 Å². The first kappa shape index (κ1) is 19.4. The van der Waals surface area contributed by atoms with Gasteiger partial charge in [-0.3, -0.25) is 14.5 Å². The lowest BCUT2D eigenvalue weighted by atomic mass is 10.2. The zero-order chi connectivity index (χ0) is 20.2. The van der Waals surface area contributed by atoms with Crippen LogP contribution in [0.1, 0.15) is 30.1 Å². The summed E-state index contributed by atoms with van der Waals surface area (Å²) in [5.74, 6) is 0.320. The van der Waals surface area contributed by atoms with Crippen molar-refractivity contribution in [3.05, 3.63) is 41.7 Å². The number of aromatic nitrogens is 3. The van der Waals surface area contributed by atoms with E-state index in [9.17, 15) is 14.4 Å². The third-order valence-electron chi connectivity index (χ3n) is 4.71. The highest BCUT2D eigenvalue weighted by Gasteiger charge is 2.31. The SMILES string of the molecule is O=C(CSc1nnc(C2CC2)n1Cc1ccccc1)OCC(=O)N1CCNC1=O. The molecule has 1 aromatic carbocycles. The Morgan fingerprint density at radius 2 is 2.00 bits per heavy atom. The summed E-state index contributed by atoms with van der Waals surface area (Å²) in [5.41, 5.74) is 1.13. The van der Waals surface area contributed by atoms with Gasteiger partial charge in [-0.25, -0.2) is 4.79 Å². The number of rotatable bonds is 8. The number of thioether (sulfide) groups is 1. The number of nitrogens with zero attached hydrogens (tertiary/aromatic N) is 4. The van der Waals surface area contributed by atoms with E-state index in [1.807, 2.05) is 34.9 Å². The maximum atomic E-state index is 12.1. The van der Waals surface area contributed by atoms with E-state index in [-0.39, 0.29) is 12.3 Å². The summed E-state index contributed by atoms with van der Waals surface area (Å²) >= 11 is 1.24. The van der Waals surface area contributed by atoms with Crippen molar-refractivity contribution in [1.82, 2.24) is 25.0 Å².